The molecule has 4 N–H and O–H groups in total. The van der Waals surface area contributed by atoms with Crippen LogP contribution in [0.2, 0.25) is 0 Å². The van der Waals surface area contributed by atoms with E-state index in [1.54, 1.807) is 6.07 Å². The maximum Gasteiger partial charge on any atom is 0.224 e. The van der Waals surface area contributed by atoms with E-state index in [4.69, 9.17) is 0 Å². The summed E-state index contributed by atoms with van der Waals surface area (Å²) in [4.78, 5) is 11.5. The average molecular weight is 292 g/mol. The minimum atomic E-state index is -0.665. The van der Waals surface area contributed by atoms with Crippen LogP contribution in [0.25, 0.3) is 0 Å². The molecule has 0 bridgehead atoms. The first-order valence-electron chi connectivity index (χ1n) is 7.52. The second-order valence-corrected chi connectivity index (χ2v) is 5.86. The van der Waals surface area contributed by atoms with Crippen molar-refractivity contribution >= 4 is 11.6 Å². The van der Waals surface area contributed by atoms with E-state index in [1.807, 2.05) is 20.8 Å². The zero-order valence-corrected chi connectivity index (χ0v) is 12.8. The van der Waals surface area contributed by atoms with Gasteiger partial charge in [-0.2, -0.15) is 0 Å². The lowest BCUT2D eigenvalue weighted by molar-refractivity contribution is -0.116. The largest absolute Gasteiger partial charge is 0.506 e. The molecule has 0 fully saturated rings. The van der Waals surface area contributed by atoms with Gasteiger partial charge in [0.25, 0.3) is 0 Å². The number of anilines is 1. The number of amides is 1. The Morgan fingerprint density at radius 2 is 2.05 bits per heavy atom. The molecule has 0 saturated heterocycles. The summed E-state index contributed by atoms with van der Waals surface area (Å²) in [6.45, 7) is 6.11. The number of carbonyl (C=O) groups is 1. The van der Waals surface area contributed by atoms with Crippen molar-refractivity contribution in [1.29, 1.82) is 0 Å². The highest BCUT2D eigenvalue weighted by molar-refractivity contribution is 5.96. The number of benzene rings is 1. The van der Waals surface area contributed by atoms with Gasteiger partial charge < -0.3 is 20.8 Å². The first-order valence-corrected chi connectivity index (χ1v) is 7.52. The third-order valence-corrected chi connectivity index (χ3v) is 3.88. The number of fused-ring (bicyclic) bond motifs is 1. The van der Waals surface area contributed by atoms with Gasteiger partial charge in [0.05, 0.1) is 11.8 Å². The molecule has 1 aliphatic heterocycles. The van der Waals surface area contributed by atoms with E-state index in [9.17, 15) is 15.0 Å². The van der Waals surface area contributed by atoms with Crippen molar-refractivity contribution in [1.82, 2.24) is 5.32 Å². The van der Waals surface area contributed by atoms with Crippen LogP contribution in [0, 0.1) is 0 Å². The van der Waals surface area contributed by atoms with Gasteiger partial charge in [0.1, 0.15) is 5.75 Å². The van der Waals surface area contributed by atoms with E-state index in [2.05, 4.69) is 10.6 Å². The number of aliphatic hydroxyl groups excluding tert-OH is 1. The van der Waals surface area contributed by atoms with Gasteiger partial charge in [-0.15, -0.1) is 0 Å². The molecule has 21 heavy (non-hydrogen) atoms. The monoisotopic (exact) mass is 292 g/mol. The van der Waals surface area contributed by atoms with Crippen LogP contribution >= 0.6 is 0 Å². The number of nitrogens with one attached hydrogen (secondary N) is 2. The second kappa shape index (κ2) is 6.45. The summed E-state index contributed by atoms with van der Waals surface area (Å²) >= 11 is 0. The van der Waals surface area contributed by atoms with Crippen molar-refractivity contribution < 1.29 is 15.0 Å². The van der Waals surface area contributed by atoms with E-state index in [0.717, 1.165) is 17.5 Å². The highest BCUT2D eigenvalue weighted by Crippen LogP contribution is 2.37. The molecule has 0 aliphatic carbocycles. The van der Waals surface area contributed by atoms with Crippen LogP contribution in [0.15, 0.2) is 12.1 Å². The summed E-state index contributed by atoms with van der Waals surface area (Å²) in [6.07, 6.45) is 1.05. The zero-order chi connectivity index (χ0) is 15.6. The lowest BCUT2D eigenvalue weighted by atomic mass is 9.90. The van der Waals surface area contributed by atoms with Crippen LogP contribution in [0.4, 0.5) is 5.69 Å². The smallest absolute Gasteiger partial charge is 0.224 e. The molecular formula is C16H24N2O3. The number of rotatable bonds is 5. The molecule has 1 aliphatic rings. The Balaban J connectivity index is 2.35. The van der Waals surface area contributed by atoms with Crippen molar-refractivity contribution in [2.45, 2.75) is 58.2 Å². The summed E-state index contributed by atoms with van der Waals surface area (Å²) < 4.78 is 0. The van der Waals surface area contributed by atoms with E-state index in [-0.39, 0.29) is 23.7 Å². The zero-order valence-electron chi connectivity index (χ0n) is 12.8. The summed E-state index contributed by atoms with van der Waals surface area (Å²) in [7, 11) is 0. The quantitative estimate of drug-likeness (QED) is 0.626. The summed E-state index contributed by atoms with van der Waals surface area (Å²) in [6, 6.07) is 3.50. The molecule has 1 aromatic carbocycles. The van der Waals surface area contributed by atoms with Gasteiger partial charge in [-0.3, -0.25) is 4.79 Å². The predicted octanol–water partition coefficient (Wildman–Crippen LogP) is 2.09. The van der Waals surface area contributed by atoms with Crippen LogP contribution in [0.5, 0.6) is 5.75 Å². The molecule has 5 nitrogen and oxygen atoms in total. The summed E-state index contributed by atoms with van der Waals surface area (Å²) in [5, 5.41) is 26.7. The number of hydrogen-bond donors (Lipinski definition) is 4. The Morgan fingerprint density at radius 3 is 2.67 bits per heavy atom. The van der Waals surface area contributed by atoms with Gasteiger partial charge >= 0.3 is 0 Å². The topological polar surface area (TPSA) is 81.6 Å². The fourth-order valence-electron chi connectivity index (χ4n) is 2.86. The van der Waals surface area contributed by atoms with Gasteiger partial charge in [0, 0.05) is 18.5 Å². The normalized spacial score (nSPS) is 17.3. The summed E-state index contributed by atoms with van der Waals surface area (Å²) in [5.74, 6) is -0.0457. The minimum Gasteiger partial charge on any atom is -0.506 e. The van der Waals surface area contributed by atoms with Gasteiger partial charge in [0.15, 0.2) is 0 Å². The van der Waals surface area contributed by atoms with E-state index in [1.165, 1.54) is 6.07 Å². The van der Waals surface area contributed by atoms with Crippen LogP contribution in [-0.2, 0) is 11.2 Å². The molecule has 2 rings (SSSR count). The maximum absolute atomic E-state index is 11.5. The molecule has 1 aromatic rings. The third kappa shape index (κ3) is 3.36. The molecule has 5 heteroatoms. The SMILES string of the molecule is CCC(NC(C)C)C(O)c1ccc(O)c2c1CCC(=O)N2. The number of phenols is 1. The highest BCUT2D eigenvalue weighted by atomic mass is 16.3. The molecule has 0 spiro atoms. The van der Waals surface area contributed by atoms with Crippen molar-refractivity contribution in [2.24, 2.45) is 0 Å². The Bertz CT molecular complexity index is 528. The second-order valence-electron chi connectivity index (χ2n) is 5.86. The molecule has 1 amide bonds. The molecular weight excluding hydrogens is 268 g/mol. The number of aliphatic hydroxyl groups is 1. The Labute approximate surface area is 125 Å². The van der Waals surface area contributed by atoms with Crippen LogP contribution in [0.1, 0.15) is 50.8 Å². The fraction of sp³-hybridized carbons (Fsp3) is 0.562. The minimum absolute atomic E-state index is 0.0545. The Kier molecular flexibility index (Phi) is 4.85. The Morgan fingerprint density at radius 1 is 1.33 bits per heavy atom. The molecule has 0 radical (unpaired) electrons. The molecule has 0 aromatic heterocycles. The third-order valence-electron chi connectivity index (χ3n) is 3.88. The van der Waals surface area contributed by atoms with E-state index >= 15 is 0 Å². The Hall–Kier alpha value is -1.59. The van der Waals surface area contributed by atoms with Crippen molar-refractivity contribution in [3.05, 3.63) is 23.3 Å². The average Bonchev–Trinajstić information content (AvgIpc) is 2.45. The van der Waals surface area contributed by atoms with Crippen molar-refractivity contribution in [3.8, 4) is 5.75 Å². The standard InChI is InChI=1S/C16H24N2O3/c1-4-12(17-9(2)3)16(21)11-5-7-13(19)15-10(11)6-8-14(20)18-15/h5,7,9,12,16-17,19,21H,4,6,8H2,1-3H3,(H,18,20). The molecule has 2 unspecified atom stereocenters. The van der Waals surface area contributed by atoms with Crippen LogP contribution in [-0.4, -0.2) is 28.2 Å². The fourth-order valence-corrected chi connectivity index (χ4v) is 2.86. The van der Waals surface area contributed by atoms with Gasteiger partial charge in [-0.05, 0) is 30.0 Å². The first-order chi connectivity index (χ1) is 9.93. The summed E-state index contributed by atoms with van der Waals surface area (Å²) in [5.41, 5.74) is 2.07. The van der Waals surface area contributed by atoms with E-state index in [0.29, 0.717) is 18.5 Å². The van der Waals surface area contributed by atoms with Gasteiger partial charge in [0.2, 0.25) is 5.91 Å². The van der Waals surface area contributed by atoms with Crippen molar-refractivity contribution in [3.63, 3.8) is 0 Å². The lowest BCUT2D eigenvalue weighted by Gasteiger charge is -2.29. The molecule has 2 atom stereocenters. The number of aromatic hydroxyl groups is 1. The lowest BCUT2D eigenvalue weighted by Crippen LogP contribution is -2.39. The van der Waals surface area contributed by atoms with Gasteiger partial charge in [-0.1, -0.05) is 26.8 Å². The van der Waals surface area contributed by atoms with Crippen LogP contribution < -0.4 is 10.6 Å². The molecule has 116 valence electrons. The van der Waals surface area contributed by atoms with Crippen molar-refractivity contribution in [2.75, 3.05) is 5.32 Å². The molecule has 0 saturated carbocycles. The number of carbonyl (C=O) groups excluding carboxylic acids is 1. The number of hydrogen-bond acceptors (Lipinski definition) is 4. The maximum atomic E-state index is 11.5. The molecule has 1 heterocycles. The van der Waals surface area contributed by atoms with E-state index < -0.39 is 6.10 Å². The first kappa shape index (κ1) is 15.8. The highest BCUT2D eigenvalue weighted by Gasteiger charge is 2.27. The predicted molar refractivity (Wildman–Crippen MR) is 82.4 cm³/mol. The number of phenolic OH excluding ortho intramolecular Hbond substituents is 1. The van der Waals surface area contributed by atoms with Gasteiger partial charge in [-0.25, -0.2) is 0 Å². The van der Waals surface area contributed by atoms with Crippen LogP contribution in [0.3, 0.4) is 0 Å².